The molecule has 7 nitrogen and oxygen atoms in total. The smallest absolute Gasteiger partial charge is 0.319 e. The standard InChI is InChI=1S/C18H26N4O3/c1-13-5-4-6-15(19-13)7-8-21-9-14-10-22(17(25)20(2)3)12-18(14,11-21)16(23)24/h4-6,14H,7-12H2,1-3H3,(H,23,24)/t14-,18-/m0/s1. The number of hydrogen-bond acceptors (Lipinski definition) is 4. The number of amides is 2. The summed E-state index contributed by atoms with van der Waals surface area (Å²) in [5, 5.41) is 9.86. The van der Waals surface area contributed by atoms with Crippen molar-refractivity contribution >= 4 is 12.0 Å². The predicted octanol–water partition coefficient (Wildman–Crippen LogP) is 0.933. The van der Waals surface area contributed by atoms with E-state index in [0.717, 1.165) is 30.9 Å². The van der Waals surface area contributed by atoms with Crippen molar-refractivity contribution < 1.29 is 14.7 Å². The van der Waals surface area contributed by atoms with Crippen LogP contribution >= 0.6 is 0 Å². The van der Waals surface area contributed by atoms with Crippen LogP contribution in [0.5, 0.6) is 0 Å². The average Bonchev–Trinajstić information content (AvgIpc) is 3.07. The van der Waals surface area contributed by atoms with Crippen molar-refractivity contribution in [2.24, 2.45) is 11.3 Å². The van der Waals surface area contributed by atoms with E-state index in [-0.39, 0.29) is 11.9 Å². The fourth-order valence-electron chi connectivity index (χ4n) is 4.08. The molecule has 2 amide bonds. The minimum absolute atomic E-state index is 0.0145. The number of pyridine rings is 1. The maximum absolute atomic E-state index is 12.2. The SMILES string of the molecule is Cc1cccc(CCN2C[C@H]3CN(C(=O)N(C)C)C[C@@]3(C(=O)O)C2)n1. The van der Waals surface area contributed by atoms with Gasteiger partial charge >= 0.3 is 12.0 Å². The van der Waals surface area contributed by atoms with E-state index in [2.05, 4.69) is 9.88 Å². The molecule has 0 bridgehead atoms. The molecule has 1 aromatic heterocycles. The van der Waals surface area contributed by atoms with Gasteiger partial charge < -0.3 is 19.8 Å². The second-order valence-corrected chi connectivity index (χ2v) is 7.47. The molecule has 1 N–H and O–H groups in total. The molecule has 25 heavy (non-hydrogen) atoms. The number of fused-ring (bicyclic) bond motifs is 1. The summed E-state index contributed by atoms with van der Waals surface area (Å²) in [6.45, 7) is 4.79. The average molecular weight is 346 g/mol. The van der Waals surface area contributed by atoms with Gasteiger partial charge in [0, 0.05) is 70.5 Å². The molecule has 2 atom stereocenters. The number of urea groups is 1. The molecule has 1 aromatic rings. The molecule has 0 spiro atoms. The highest BCUT2D eigenvalue weighted by Crippen LogP contribution is 2.43. The molecule has 0 saturated carbocycles. The van der Waals surface area contributed by atoms with Crippen LogP contribution < -0.4 is 0 Å². The van der Waals surface area contributed by atoms with Crippen LogP contribution in [0, 0.1) is 18.3 Å². The number of aromatic nitrogens is 1. The Hall–Kier alpha value is -2.15. The number of carboxylic acids is 1. The second-order valence-electron chi connectivity index (χ2n) is 7.47. The van der Waals surface area contributed by atoms with Crippen molar-refractivity contribution in [1.82, 2.24) is 19.7 Å². The van der Waals surface area contributed by atoms with E-state index in [4.69, 9.17) is 0 Å². The number of rotatable bonds is 4. The van der Waals surface area contributed by atoms with Gasteiger partial charge in [0.25, 0.3) is 0 Å². The Morgan fingerprint density at radius 2 is 2.08 bits per heavy atom. The first-order valence-electron chi connectivity index (χ1n) is 8.66. The molecule has 2 fully saturated rings. The summed E-state index contributed by atoms with van der Waals surface area (Å²) in [6, 6.07) is 5.87. The van der Waals surface area contributed by atoms with Gasteiger partial charge in [0.15, 0.2) is 0 Å². The van der Waals surface area contributed by atoms with Gasteiger partial charge in [-0.15, -0.1) is 0 Å². The maximum Gasteiger partial charge on any atom is 0.319 e. The molecule has 2 saturated heterocycles. The van der Waals surface area contributed by atoms with Crippen LogP contribution in [-0.2, 0) is 11.2 Å². The fraction of sp³-hybridized carbons (Fsp3) is 0.611. The predicted molar refractivity (Wildman–Crippen MR) is 93.3 cm³/mol. The Bertz CT molecular complexity index is 678. The highest BCUT2D eigenvalue weighted by Gasteiger charge is 2.58. The monoisotopic (exact) mass is 346 g/mol. The van der Waals surface area contributed by atoms with Crippen LogP contribution in [0.3, 0.4) is 0 Å². The first-order chi connectivity index (χ1) is 11.8. The summed E-state index contributed by atoms with van der Waals surface area (Å²) in [5.41, 5.74) is 1.19. The van der Waals surface area contributed by atoms with E-state index >= 15 is 0 Å². The molecule has 2 aliphatic rings. The largest absolute Gasteiger partial charge is 0.481 e. The number of hydrogen-bond donors (Lipinski definition) is 1. The lowest BCUT2D eigenvalue weighted by molar-refractivity contribution is -0.148. The van der Waals surface area contributed by atoms with Crippen LogP contribution in [0.4, 0.5) is 4.79 Å². The number of carbonyl (C=O) groups excluding carboxylic acids is 1. The minimum atomic E-state index is -0.842. The van der Waals surface area contributed by atoms with E-state index in [1.54, 1.807) is 19.0 Å². The normalized spacial score (nSPS) is 25.9. The van der Waals surface area contributed by atoms with Gasteiger partial charge in [0.1, 0.15) is 5.41 Å². The number of aliphatic carboxylic acids is 1. The van der Waals surface area contributed by atoms with E-state index < -0.39 is 11.4 Å². The van der Waals surface area contributed by atoms with Gasteiger partial charge in [-0.2, -0.15) is 0 Å². The van der Waals surface area contributed by atoms with Crippen molar-refractivity contribution in [3.8, 4) is 0 Å². The fourth-order valence-corrected chi connectivity index (χ4v) is 4.08. The Kier molecular flexibility index (Phi) is 4.69. The van der Waals surface area contributed by atoms with E-state index in [1.807, 2.05) is 25.1 Å². The van der Waals surface area contributed by atoms with Crippen LogP contribution in [-0.4, -0.2) is 83.6 Å². The van der Waals surface area contributed by atoms with Gasteiger partial charge in [-0.1, -0.05) is 6.07 Å². The number of nitrogens with zero attached hydrogens (tertiary/aromatic N) is 4. The zero-order chi connectivity index (χ0) is 18.2. The molecular formula is C18H26N4O3. The van der Waals surface area contributed by atoms with E-state index in [9.17, 15) is 14.7 Å². The highest BCUT2D eigenvalue weighted by molar-refractivity contribution is 5.80. The summed E-state index contributed by atoms with van der Waals surface area (Å²) in [7, 11) is 3.40. The Labute approximate surface area is 148 Å². The third-order valence-corrected chi connectivity index (χ3v) is 5.39. The maximum atomic E-state index is 12.2. The Morgan fingerprint density at radius 3 is 2.68 bits per heavy atom. The number of likely N-dealkylation sites (tertiary alicyclic amines) is 2. The zero-order valence-electron chi connectivity index (χ0n) is 15.1. The topological polar surface area (TPSA) is 77.0 Å². The highest BCUT2D eigenvalue weighted by atomic mass is 16.4. The summed E-state index contributed by atoms with van der Waals surface area (Å²) in [4.78, 5) is 34.1. The molecule has 136 valence electrons. The van der Waals surface area contributed by atoms with Crippen LogP contribution in [0.25, 0.3) is 0 Å². The zero-order valence-corrected chi connectivity index (χ0v) is 15.1. The van der Waals surface area contributed by atoms with Crippen LogP contribution in [0.1, 0.15) is 11.4 Å². The Balaban J connectivity index is 1.65. The molecular weight excluding hydrogens is 320 g/mol. The summed E-state index contributed by atoms with van der Waals surface area (Å²) >= 11 is 0. The lowest BCUT2D eigenvalue weighted by atomic mass is 9.81. The third-order valence-electron chi connectivity index (χ3n) is 5.39. The minimum Gasteiger partial charge on any atom is -0.481 e. The molecule has 0 aliphatic carbocycles. The molecule has 0 aromatic carbocycles. The first-order valence-corrected chi connectivity index (χ1v) is 8.66. The molecule has 2 aliphatic heterocycles. The van der Waals surface area contributed by atoms with Gasteiger partial charge in [0.2, 0.25) is 0 Å². The van der Waals surface area contributed by atoms with Crippen molar-refractivity contribution in [3.05, 3.63) is 29.6 Å². The number of carbonyl (C=O) groups is 2. The molecule has 0 radical (unpaired) electrons. The lowest BCUT2D eigenvalue weighted by Crippen LogP contribution is -2.44. The number of carboxylic acid groups (broad SMARTS) is 1. The second kappa shape index (κ2) is 6.63. The van der Waals surface area contributed by atoms with Crippen LogP contribution in [0.15, 0.2) is 18.2 Å². The summed E-state index contributed by atoms with van der Waals surface area (Å²) in [5.74, 6) is -0.804. The van der Waals surface area contributed by atoms with E-state index in [0.29, 0.717) is 19.6 Å². The molecule has 3 rings (SSSR count). The molecule has 3 heterocycles. The third kappa shape index (κ3) is 3.33. The van der Waals surface area contributed by atoms with Crippen molar-refractivity contribution in [1.29, 1.82) is 0 Å². The molecule has 7 heteroatoms. The summed E-state index contributed by atoms with van der Waals surface area (Å²) < 4.78 is 0. The van der Waals surface area contributed by atoms with E-state index in [1.165, 1.54) is 4.90 Å². The van der Waals surface area contributed by atoms with Gasteiger partial charge in [-0.25, -0.2) is 4.79 Å². The van der Waals surface area contributed by atoms with Gasteiger partial charge in [-0.3, -0.25) is 9.78 Å². The first kappa shape index (κ1) is 17.7. The lowest BCUT2D eigenvalue weighted by Gasteiger charge is -2.27. The van der Waals surface area contributed by atoms with Crippen molar-refractivity contribution in [2.75, 3.05) is 46.8 Å². The molecule has 0 unspecified atom stereocenters. The van der Waals surface area contributed by atoms with Crippen molar-refractivity contribution in [2.45, 2.75) is 13.3 Å². The van der Waals surface area contributed by atoms with Gasteiger partial charge in [-0.05, 0) is 19.1 Å². The quantitative estimate of drug-likeness (QED) is 0.878. The number of aryl methyl sites for hydroxylation is 1. The Morgan fingerprint density at radius 1 is 1.32 bits per heavy atom. The van der Waals surface area contributed by atoms with Crippen molar-refractivity contribution in [3.63, 3.8) is 0 Å². The van der Waals surface area contributed by atoms with Gasteiger partial charge in [0.05, 0.1) is 0 Å². The van der Waals surface area contributed by atoms with Crippen LogP contribution in [0.2, 0.25) is 0 Å². The summed E-state index contributed by atoms with van der Waals surface area (Å²) in [6.07, 6.45) is 0.810.